The monoisotopic (exact) mass is 442 g/mol. The average molecular weight is 444 g/mol. The molecule has 0 radical (unpaired) electrons. The number of esters is 1. The number of rotatable bonds is 8. The second-order valence-electron chi connectivity index (χ2n) is 5.75. The van der Waals surface area contributed by atoms with Crippen LogP contribution < -0.4 is 10.6 Å². The minimum atomic E-state index is -0.576. The Morgan fingerprint density at radius 2 is 1.61 bits per heavy atom. The van der Waals surface area contributed by atoms with Gasteiger partial charge in [0.25, 0.3) is 5.91 Å². The Balaban J connectivity index is 1.65. The lowest BCUT2D eigenvalue weighted by atomic mass is 10.2. The normalized spacial score (nSPS) is 10.2. The molecule has 2 amide bonds. The molecule has 148 valence electrons. The summed E-state index contributed by atoms with van der Waals surface area (Å²) in [5.41, 5.74) is 0.947. The Kier molecular flexibility index (Phi) is 8.57. The second-order valence-corrected chi connectivity index (χ2v) is 7.03. The Morgan fingerprint density at radius 1 is 0.857 bits per heavy atom. The molecule has 0 aliphatic carbocycles. The second kappa shape index (κ2) is 10.9. The molecule has 0 aromatic heterocycles. The van der Waals surface area contributed by atoms with Gasteiger partial charge < -0.3 is 15.4 Å². The average Bonchev–Trinajstić information content (AvgIpc) is 2.62. The van der Waals surface area contributed by atoms with E-state index in [0.717, 1.165) is 0 Å². The molecule has 0 fully saturated rings. The maximum atomic E-state index is 11.8. The van der Waals surface area contributed by atoms with Crippen molar-refractivity contribution in [2.75, 3.05) is 17.2 Å². The zero-order valence-electron chi connectivity index (χ0n) is 14.6. The van der Waals surface area contributed by atoms with Crippen LogP contribution in [0.3, 0.4) is 0 Å². The number of ether oxygens (including phenoxy) is 1. The molecule has 6 nitrogen and oxygen atoms in total. The molecule has 9 heteroatoms. The third-order valence-electron chi connectivity index (χ3n) is 3.46. The van der Waals surface area contributed by atoms with Gasteiger partial charge >= 0.3 is 5.97 Å². The molecule has 0 unspecified atom stereocenters. The van der Waals surface area contributed by atoms with Gasteiger partial charge in [0.05, 0.1) is 10.7 Å². The third kappa shape index (κ3) is 7.76. The quantitative estimate of drug-likeness (QED) is 0.566. The highest BCUT2D eigenvalue weighted by Crippen LogP contribution is 2.25. The molecule has 28 heavy (non-hydrogen) atoms. The van der Waals surface area contributed by atoms with E-state index >= 15 is 0 Å². The van der Waals surface area contributed by atoms with Crippen LogP contribution in [-0.4, -0.2) is 24.4 Å². The van der Waals surface area contributed by atoms with Crippen molar-refractivity contribution in [2.24, 2.45) is 0 Å². The van der Waals surface area contributed by atoms with Crippen LogP contribution in [0, 0.1) is 0 Å². The van der Waals surface area contributed by atoms with Gasteiger partial charge in [-0.2, -0.15) is 0 Å². The van der Waals surface area contributed by atoms with Crippen molar-refractivity contribution in [3.8, 4) is 0 Å². The maximum Gasteiger partial charge on any atom is 0.306 e. The van der Waals surface area contributed by atoms with Crippen LogP contribution in [0.15, 0.2) is 42.5 Å². The number of hydrogen-bond acceptors (Lipinski definition) is 4. The smallest absolute Gasteiger partial charge is 0.306 e. The van der Waals surface area contributed by atoms with Gasteiger partial charge in [0, 0.05) is 28.6 Å². The van der Waals surface area contributed by atoms with Crippen LogP contribution in [0.2, 0.25) is 15.1 Å². The highest BCUT2D eigenvalue weighted by atomic mass is 35.5. The van der Waals surface area contributed by atoms with E-state index in [2.05, 4.69) is 10.6 Å². The van der Waals surface area contributed by atoms with Gasteiger partial charge in [0.15, 0.2) is 6.61 Å². The molecule has 0 heterocycles. The van der Waals surface area contributed by atoms with Crippen LogP contribution in [-0.2, 0) is 19.1 Å². The summed E-state index contributed by atoms with van der Waals surface area (Å²) >= 11 is 17.6. The van der Waals surface area contributed by atoms with Crippen molar-refractivity contribution in [3.63, 3.8) is 0 Å². The molecule has 0 bridgehead atoms. The zero-order valence-corrected chi connectivity index (χ0v) is 16.9. The fourth-order valence-electron chi connectivity index (χ4n) is 2.18. The molecule has 2 rings (SSSR count). The molecule has 0 aliphatic rings. The maximum absolute atomic E-state index is 11.8. The van der Waals surface area contributed by atoms with E-state index in [-0.39, 0.29) is 30.2 Å². The minimum absolute atomic E-state index is 0.0119. The molecular formula is C19H17Cl3N2O4. The standard InChI is InChI=1S/C19H17Cl3N2O4/c20-12-3-1-4-14(9-12)23-17(25)5-2-6-19(27)28-11-18(26)24-16-8-7-13(21)10-15(16)22/h1,3-4,7-10H,2,5-6,11H2,(H,23,25)(H,24,26). The van der Waals surface area contributed by atoms with Gasteiger partial charge in [-0.3, -0.25) is 14.4 Å². The highest BCUT2D eigenvalue weighted by molar-refractivity contribution is 6.36. The van der Waals surface area contributed by atoms with Crippen molar-refractivity contribution in [1.82, 2.24) is 0 Å². The number of anilines is 2. The Labute approximate surface area is 177 Å². The number of carbonyl (C=O) groups excluding carboxylic acids is 3. The highest BCUT2D eigenvalue weighted by Gasteiger charge is 2.11. The lowest BCUT2D eigenvalue weighted by molar-refractivity contribution is -0.147. The lowest BCUT2D eigenvalue weighted by Gasteiger charge is -2.08. The van der Waals surface area contributed by atoms with E-state index in [9.17, 15) is 14.4 Å². The SMILES string of the molecule is O=C(CCCC(=O)OCC(=O)Nc1ccc(Cl)cc1Cl)Nc1cccc(Cl)c1. The van der Waals surface area contributed by atoms with Crippen molar-refractivity contribution >= 4 is 64.0 Å². The molecule has 2 aromatic carbocycles. The fraction of sp³-hybridized carbons (Fsp3) is 0.211. The molecule has 2 aromatic rings. The largest absolute Gasteiger partial charge is 0.456 e. The van der Waals surface area contributed by atoms with E-state index in [4.69, 9.17) is 39.5 Å². The van der Waals surface area contributed by atoms with Gasteiger partial charge in [-0.15, -0.1) is 0 Å². The first-order valence-electron chi connectivity index (χ1n) is 8.29. The fourth-order valence-corrected chi connectivity index (χ4v) is 2.82. The van der Waals surface area contributed by atoms with E-state index in [1.165, 1.54) is 6.07 Å². The van der Waals surface area contributed by atoms with Crippen molar-refractivity contribution in [3.05, 3.63) is 57.5 Å². The molecule has 0 aliphatic heterocycles. The molecule has 0 saturated heterocycles. The third-order valence-corrected chi connectivity index (χ3v) is 4.25. The minimum Gasteiger partial charge on any atom is -0.456 e. The number of halogens is 3. The van der Waals surface area contributed by atoms with Crippen molar-refractivity contribution in [1.29, 1.82) is 0 Å². The van der Waals surface area contributed by atoms with Crippen LogP contribution in [0.5, 0.6) is 0 Å². The predicted molar refractivity (Wildman–Crippen MR) is 110 cm³/mol. The number of carbonyl (C=O) groups is 3. The predicted octanol–water partition coefficient (Wildman–Crippen LogP) is 4.94. The molecule has 0 saturated carbocycles. The van der Waals surface area contributed by atoms with E-state index in [1.54, 1.807) is 36.4 Å². The summed E-state index contributed by atoms with van der Waals surface area (Å²) < 4.78 is 4.89. The first-order valence-corrected chi connectivity index (χ1v) is 9.43. The van der Waals surface area contributed by atoms with Crippen molar-refractivity contribution in [2.45, 2.75) is 19.3 Å². The number of nitrogens with one attached hydrogen (secondary N) is 2. The Morgan fingerprint density at radius 3 is 2.32 bits per heavy atom. The van der Waals surface area contributed by atoms with Crippen molar-refractivity contribution < 1.29 is 19.1 Å². The number of hydrogen-bond donors (Lipinski definition) is 2. The van der Waals surface area contributed by atoms with Gasteiger partial charge in [-0.25, -0.2) is 0 Å². The molecule has 0 atom stereocenters. The summed E-state index contributed by atoms with van der Waals surface area (Å²) in [5.74, 6) is -1.35. The first-order chi connectivity index (χ1) is 13.3. The summed E-state index contributed by atoms with van der Waals surface area (Å²) in [4.78, 5) is 35.4. The zero-order chi connectivity index (χ0) is 20.5. The Hall–Kier alpha value is -2.28. The van der Waals surface area contributed by atoms with Crippen LogP contribution in [0.1, 0.15) is 19.3 Å². The van der Waals surface area contributed by atoms with Gasteiger partial charge in [-0.05, 0) is 42.8 Å². The summed E-state index contributed by atoms with van der Waals surface area (Å²) in [6.07, 6.45) is 0.433. The van der Waals surface area contributed by atoms with Crippen LogP contribution in [0.4, 0.5) is 11.4 Å². The van der Waals surface area contributed by atoms with E-state index in [0.29, 0.717) is 21.4 Å². The van der Waals surface area contributed by atoms with E-state index < -0.39 is 18.5 Å². The first kappa shape index (κ1) is 22.0. The van der Waals surface area contributed by atoms with Gasteiger partial charge in [-0.1, -0.05) is 40.9 Å². The van der Waals surface area contributed by atoms with Gasteiger partial charge in [0.1, 0.15) is 0 Å². The topological polar surface area (TPSA) is 84.5 Å². The summed E-state index contributed by atoms with van der Waals surface area (Å²) in [6.45, 7) is -0.452. The summed E-state index contributed by atoms with van der Waals surface area (Å²) in [5, 5.41) is 6.43. The molecule has 2 N–H and O–H groups in total. The molecule has 0 spiro atoms. The van der Waals surface area contributed by atoms with Crippen LogP contribution in [0.25, 0.3) is 0 Å². The number of benzene rings is 2. The number of amides is 2. The summed E-state index contributed by atoms with van der Waals surface area (Å²) in [7, 11) is 0. The molecular weight excluding hydrogens is 427 g/mol. The van der Waals surface area contributed by atoms with Crippen LogP contribution >= 0.6 is 34.8 Å². The lowest BCUT2D eigenvalue weighted by Crippen LogP contribution is -2.21. The van der Waals surface area contributed by atoms with E-state index in [1.807, 2.05) is 0 Å². The summed E-state index contributed by atoms with van der Waals surface area (Å²) in [6, 6.07) is 11.4. The Bertz CT molecular complexity index is 874. The van der Waals surface area contributed by atoms with Gasteiger partial charge in [0.2, 0.25) is 5.91 Å².